The van der Waals surface area contributed by atoms with Gasteiger partial charge in [-0.1, -0.05) is 23.8 Å². The van der Waals surface area contributed by atoms with Gasteiger partial charge in [0.2, 0.25) is 0 Å². The smallest absolute Gasteiger partial charge is 0.106 e. The molecular weight excluding hydrogens is 230 g/mol. The van der Waals surface area contributed by atoms with Gasteiger partial charge in [-0.05, 0) is 26.1 Å². The van der Waals surface area contributed by atoms with Crippen LogP contribution in [0.5, 0.6) is 0 Å². The lowest BCUT2D eigenvalue weighted by Crippen LogP contribution is -2.45. The SMILES string of the molecule is Cc1ccc(N2CCN(C)CC2)c(C(N)=S)c1. The van der Waals surface area contributed by atoms with Crippen LogP contribution in [-0.4, -0.2) is 43.1 Å². The Bertz CT molecular complexity index is 423. The highest BCUT2D eigenvalue weighted by molar-refractivity contribution is 7.80. The topological polar surface area (TPSA) is 32.5 Å². The largest absolute Gasteiger partial charge is 0.389 e. The molecule has 1 fully saturated rings. The summed E-state index contributed by atoms with van der Waals surface area (Å²) in [7, 11) is 2.15. The molecular formula is C13H19N3S. The lowest BCUT2D eigenvalue weighted by Gasteiger charge is -2.35. The van der Waals surface area contributed by atoms with Gasteiger partial charge in [0.05, 0.1) is 0 Å². The van der Waals surface area contributed by atoms with Crippen molar-refractivity contribution >= 4 is 22.9 Å². The molecule has 1 aromatic carbocycles. The lowest BCUT2D eigenvalue weighted by atomic mass is 10.1. The predicted octanol–water partition coefficient (Wildman–Crippen LogP) is 1.38. The summed E-state index contributed by atoms with van der Waals surface area (Å²) >= 11 is 5.14. The first-order chi connectivity index (χ1) is 8.08. The summed E-state index contributed by atoms with van der Waals surface area (Å²) < 4.78 is 0. The molecule has 0 aromatic heterocycles. The average Bonchev–Trinajstić information content (AvgIpc) is 2.30. The molecule has 1 aromatic rings. The first-order valence-corrected chi connectivity index (χ1v) is 6.32. The Hall–Kier alpha value is -1.13. The van der Waals surface area contributed by atoms with Crippen LogP contribution < -0.4 is 10.6 Å². The fourth-order valence-electron chi connectivity index (χ4n) is 2.17. The molecule has 0 unspecified atom stereocenters. The van der Waals surface area contributed by atoms with Crippen LogP contribution in [0, 0.1) is 6.92 Å². The number of likely N-dealkylation sites (N-methyl/N-ethyl adjacent to an activating group) is 1. The average molecular weight is 249 g/mol. The Morgan fingerprint density at radius 2 is 1.88 bits per heavy atom. The molecule has 1 aliphatic heterocycles. The van der Waals surface area contributed by atoms with E-state index in [0.29, 0.717) is 4.99 Å². The fraction of sp³-hybridized carbons (Fsp3) is 0.462. The zero-order chi connectivity index (χ0) is 12.4. The number of piperazine rings is 1. The van der Waals surface area contributed by atoms with E-state index in [0.717, 1.165) is 31.7 Å². The van der Waals surface area contributed by atoms with Gasteiger partial charge in [0.15, 0.2) is 0 Å². The molecule has 0 spiro atoms. The predicted molar refractivity (Wildman–Crippen MR) is 76.8 cm³/mol. The van der Waals surface area contributed by atoms with E-state index in [9.17, 15) is 0 Å². The highest BCUT2D eigenvalue weighted by atomic mass is 32.1. The second-order valence-electron chi connectivity index (χ2n) is 4.68. The molecule has 17 heavy (non-hydrogen) atoms. The summed E-state index contributed by atoms with van der Waals surface area (Å²) in [5, 5.41) is 0. The van der Waals surface area contributed by atoms with Crippen LogP contribution in [0.2, 0.25) is 0 Å². The molecule has 1 aliphatic rings. The molecule has 1 heterocycles. The number of benzene rings is 1. The van der Waals surface area contributed by atoms with E-state index in [1.807, 2.05) is 0 Å². The van der Waals surface area contributed by atoms with Crippen LogP contribution >= 0.6 is 12.2 Å². The molecule has 92 valence electrons. The molecule has 2 N–H and O–H groups in total. The Balaban J connectivity index is 2.28. The van der Waals surface area contributed by atoms with E-state index < -0.39 is 0 Å². The Morgan fingerprint density at radius 1 is 1.24 bits per heavy atom. The van der Waals surface area contributed by atoms with Crippen LogP contribution in [-0.2, 0) is 0 Å². The van der Waals surface area contributed by atoms with Crippen LogP contribution in [0.15, 0.2) is 18.2 Å². The number of nitrogens with two attached hydrogens (primary N) is 1. The highest BCUT2D eigenvalue weighted by Crippen LogP contribution is 2.23. The van der Waals surface area contributed by atoms with E-state index in [1.54, 1.807) is 0 Å². The molecule has 1 saturated heterocycles. The summed E-state index contributed by atoms with van der Waals surface area (Å²) in [6.45, 7) is 6.31. The van der Waals surface area contributed by atoms with Crippen molar-refractivity contribution in [3.8, 4) is 0 Å². The molecule has 0 atom stereocenters. The number of hydrogen-bond acceptors (Lipinski definition) is 3. The minimum atomic E-state index is 0.489. The molecule has 0 radical (unpaired) electrons. The minimum Gasteiger partial charge on any atom is -0.389 e. The monoisotopic (exact) mass is 249 g/mol. The third-order valence-electron chi connectivity index (χ3n) is 3.26. The zero-order valence-electron chi connectivity index (χ0n) is 10.4. The van der Waals surface area contributed by atoms with Gasteiger partial charge in [-0.15, -0.1) is 0 Å². The maximum Gasteiger partial charge on any atom is 0.106 e. The van der Waals surface area contributed by atoms with Crippen molar-refractivity contribution in [1.29, 1.82) is 0 Å². The van der Waals surface area contributed by atoms with Crippen molar-refractivity contribution in [3.63, 3.8) is 0 Å². The fourth-order valence-corrected chi connectivity index (χ4v) is 2.33. The number of thiocarbonyl (C=S) groups is 1. The molecule has 0 amide bonds. The first kappa shape index (κ1) is 12.3. The molecule has 2 rings (SSSR count). The van der Waals surface area contributed by atoms with Crippen molar-refractivity contribution in [2.75, 3.05) is 38.1 Å². The van der Waals surface area contributed by atoms with Gasteiger partial charge in [-0.3, -0.25) is 0 Å². The molecule has 4 heteroatoms. The van der Waals surface area contributed by atoms with Crippen LogP contribution in [0.4, 0.5) is 5.69 Å². The standard InChI is InChI=1S/C13H19N3S/c1-10-3-4-12(11(9-10)13(14)17)16-7-5-15(2)6-8-16/h3-4,9H,5-8H2,1-2H3,(H2,14,17). The third kappa shape index (κ3) is 2.76. The van der Waals surface area contributed by atoms with E-state index >= 15 is 0 Å². The van der Waals surface area contributed by atoms with Crippen LogP contribution in [0.25, 0.3) is 0 Å². The summed E-state index contributed by atoms with van der Waals surface area (Å²) in [6.07, 6.45) is 0. The number of hydrogen-bond donors (Lipinski definition) is 1. The quantitative estimate of drug-likeness (QED) is 0.803. The lowest BCUT2D eigenvalue weighted by molar-refractivity contribution is 0.313. The number of anilines is 1. The van der Waals surface area contributed by atoms with Crippen molar-refractivity contribution in [1.82, 2.24) is 4.90 Å². The summed E-state index contributed by atoms with van der Waals surface area (Å²) in [4.78, 5) is 5.20. The summed E-state index contributed by atoms with van der Waals surface area (Å²) in [5.41, 5.74) is 9.19. The van der Waals surface area contributed by atoms with Gasteiger partial charge in [0, 0.05) is 37.4 Å². The second kappa shape index (κ2) is 5.02. The Morgan fingerprint density at radius 3 is 2.47 bits per heavy atom. The van der Waals surface area contributed by atoms with Crippen LogP contribution in [0.3, 0.4) is 0 Å². The maximum absolute atomic E-state index is 5.81. The molecule has 0 saturated carbocycles. The van der Waals surface area contributed by atoms with Gasteiger partial charge in [0.25, 0.3) is 0 Å². The van der Waals surface area contributed by atoms with Gasteiger partial charge in [-0.2, -0.15) is 0 Å². The van der Waals surface area contributed by atoms with E-state index in [2.05, 4.69) is 42.0 Å². The highest BCUT2D eigenvalue weighted by Gasteiger charge is 2.17. The van der Waals surface area contributed by atoms with Crippen molar-refractivity contribution < 1.29 is 0 Å². The van der Waals surface area contributed by atoms with E-state index in [1.165, 1.54) is 11.3 Å². The minimum absolute atomic E-state index is 0.489. The van der Waals surface area contributed by atoms with Gasteiger partial charge < -0.3 is 15.5 Å². The third-order valence-corrected chi connectivity index (χ3v) is 3.48. The van der Waals surface area contributed by atoms with Gasteiger partial charge in [0.1, 0.15) is 4.99 Å². The Labute approximate surface area is 108 Å². The van der Waals surface area contributed by atoms with Crippen molar-refractivity contribution in [2.24, 2.45) is 5.73 Å². The van der Waals surface area contributed by atoms with Gasteiger partial charge in [-0.25, -0.2) is 0 Å². The number of nitrogens with zero attached hydrogens (tertiary/aromatic N) is 2. The number of rotatable bonds is 2. The van der Waals surface area contributed by atoms with E-state index in [-0.39, 0.29) is 0 Å². The first-order valence-electron chi connectivity index (χ1n) is 5.92. The normalized spacial score (nSPS) is 17.2. The molecule has 0 aliphatic carbocycles. The van der Waals surface area contributed by atoms with Crippen LogP contribution in [0.1, 0.15) is 11.1 Å². The molecule has 0 bridgehead atoms. The van der Waals surface area contributed by atoms with Crippen molar-refractivity contribution in [2.45, 2.75) is 6.92 Å². The van der Waals surface area contributed by atoms with Gasteiger partial charge >= 0.3 is 0 Å². The number of aryl methyl sites for hydroxylation is 1. The molecule has 3 nitrogen and oxygen atoms in total. The maximum atomic E-state index is 5.81. The Kier molecular flexibility index (Phi) is 3.64. The van der Waals surface area contributed by atoms with Crippen molar-refractivity contribution in [3.05, 3.63) is 29.3 Å². The second-order valence-corrected chi connectivity index (χ2v) is 5.12. The van der Waals surface area contributed by atoms with E-state index in [4.69, 9.17) is 18.0 Å². The summed E-state index contributed by atoms with van der Waals surface area (Å²) in [5.74, 6) is 0. The summed E-state index contributed by atoms with van der Waals surface area (Å²) in [6, 6.07) is 6.33. The zero-order valence-corrected chi connectivity index (χ0v) is 11.3.